The van der Waals surface area contributed by atoms with Crippen LogP contribution in [-0.2, 0) is 4.79 Å². The summed E-state index contributed by atoms with van der Waals surface area (Å²) in [6.07, 6.45) is 6.63. The van der Waals surface area contributed by atoms with Gasteiger partial charge in [-0.25, -0.2) is 0 Å². The number of benzene rings is 1. The molecule has 0 aliphatic carbocycles. The molecule has 0 radical (unpaired) electrons. The number of nitrogens with zero attached hydrogens (tertiary/aromatic N) is 1. The van der Waals surface area contributed by atoms with E-state index in [2.05, 4.69) is 17.1 Å². The van der Waals surface area contributed by atoms with E-state index in [1.54, 1.807) is 0 Å². The maximum Gasteiger partial charge on any atom is 0.220 e. The van der Waals surface area contributed by atoms with Crippen LogP contribution in [0.2, 0.25) is 0 Å². The molecule has 5 nitrogen and oxygen atoms in total. The quantitative estimate of drug-likeness (QED) is 0.519. The van der Waals surface area contributed by atoms with E-state index in [9.17, 15) is 15.0 Å². The Kier molecular flexibility index (Phi) is 9.81. The number of rotatable bonds is 11. The van der Waals surface area contributed by atoms with Crippen molar-refractivity contribution in [2.75, 3.05) is 19.6 Å². The Hall–Kier alpha value is -1.43. The lowest BCUT2D eigenvalue weighted by Gasteiger charge is -2.34. The van der Waals surface area contributed by atoms with Crippen LogP contribution < -0.4 is 5.32 Å². The molecule has 0 saturated carbocycles. The smallest absolute Gasteiger partial charge is 0.220 e. The van der Waals surface area contributed by atoms with Crippen LogP contribution in [0.15, 0.2) is 30.3 Å². The van der Waals surface area contributed by atoms with E-state index < -0.39 is 6.10 Å². The third-order valence-electron chi connectivity index (χ3n) is 5.39. The van der Waals surface area contributed by atoms with Gasteiger partial charge >= 0.3 is 0 Å². The van der Waals surface area contributed by atoms with Gasteiger partial charge in [0, 0.05) is 26.1 Å². The predicted octanol–water partition coefficient (Wildman–Crippen LogP) is 3.02. The van der Waals surface area contributed by atoms with Crippen molar-refractivity contribution < 1.29 is 15.0 Å². The van der Waals surface area contributed by atoms with E-state index in [1.807, 2.05) is 30.3 Å². The van der Waals surface area contributed by atoms with Crippen LogP contribution in [0.4, 0.5) is 0 Å². The van der Waals surface area contributed by atoms with Crippen molar-refractivity contribution in [3.63, 3.8) is 0 Å². The van der Waals surface area contributed by atoms with Gasteiger partial charge in [0.05, 0.1) is 12.1 Å². The summed E-state index contributed by atoms with van der Waals surface area (Å²) < 4.78 is 0. The molecule has 5 heteroatoms. The number of hydrogen-bond donors (Lipinski definition) is 3. The number of unbranched alkanes of at least 4 members (excludes halogenated alkanes) is 4. The lowest BCUT2D eigenvalue weighted by Crippen LogP contribution is -2.49. The second kappa shape index (κ2) is 12.1. The first-order valence-corrected chi connectivity index (χ1v) is 10.5. The maximum atomic E-state index is 12.4. The standard InChI is InChI=1S/C22H36N2O3/c1-2-3-4-5-9-12-21(26)23-20(17-24-15-13-19(25)14-16-24)22(27)18-10-7-6-8-11-18/h6-8,10-11,19-20,22,25,27H,2-5,9,12-17H2,1H3,(H,23,26)/t20-,22+/m0/s1. The number of carbonyl (C=O) groups excluding carboxylic acids is 1. The normalized spacial score (nSPS) is 18.2. The molecule has 1 heterocycles. The highest BCUT2D eigenvalue weighted by molar-refractivity contribution is 5.76. The second-order valence-electron chi connectivity index (χ2n) is 7.73. The Bertz CT molecular complexity index is 530. The summed E-state index contributed by atoms with van der Waals surface area (Å²) in [7, 11) is 0. The maximum absolute atomic E-state index is 12.4. The number of nitrogens with one attached hydrogen (secondary N) is 1. The number of aliphatic hydroxyl groups is 2. The second-order valence-corrected chi connectivity index (χ2v) is 7.73. The van der Waals surface area contributed by atoms with Crippen molar-refractivity contribution in [1.29, 1.82) is 0 Å². The molecule has 1 aromatic carbocycles. The molecule has 0 spiro atoms. The molecule has 1 saturated heterocycles. The predicted molar refractivity (Wildman–Crippen MR) is 108 cm³/mol. The number of hydrogen-bond acceptors (Lipinski definition) is 4. The third-order valence-corrected chi connectivity index (χ3v) is 5.39. The molecule has 1 aromatic rings. The van der Waals surface area contributed by atoms with E-state index in [4.69, 9.17) is 0 Å². The van der Waals surface area contributed by atoms with Gasteiger partial charge < -0.3 is 20.4 Å². The Morgan fingerprint density at radius 3 is 2.48 bits per heavy atom. The summed E-state index contributed by atoms with van der Waals surface area (Å²) >= 11 is 0. The van der Waals surface area contributed by atoms with Gasteiger partial charge in [-0.2, -0.15) is 0 Å². The first-order chi connectivity index (χ1) is 13.1. The molecule has 27 heavy (non-hydrogen) atoms. The topological polar surface area (TPSA) is 72.8 Å². The number of carbonyl (C=O) groups is 1. The SMILES string of the molecule is CCCCCCCC(=O)N[C@@H](CN1CCC(O)CC1)[C@H](O)c1ccccc1. The molecule has 3 N–H and O–H groups in total. The summed E-state index contributed by atoms with van der Waals surface area (Å²) in [5.74, 6) is 0.0172. The van der Waals surface area contributed by atoms with E-state index in [-0.39, 0.29) is 18.1 Å². The van der Waals surface area contributed by atoms with Gasteiger partial charge in [0.15, 0.2) is 0 Å². The van der Waals surface area contributed by atoms with E-state index in [0.29, 0.717) is 13.0 Å². The number of piperidine rings is 1. The first kappa shape index (κ1) is 21.9. The summed E-state index contributed by atoms with van der Waals surface area (Å²) in [5, 5.41) is 23.6. The summed E-state index contributed by atoms with van der Waals surface area (Å²) in [6, 6.07) is 9.19. The average Bonchev–Trinajstić information content (AvgIpc) is 2.69. The van der Waals surface area contributed by atoms with E-state index in [0.717, 1.165) is 44.3 Å². The molecule has 0 aromatic heterocycles. The van der Waals surface area contributed by atoms with Gasteiger partial charge in [0.1, 0.15) is 6.10 Å². The van der Waals surface area contributed by atoms with Crippen molar-refractivity contribution in [2.45, 2.75) is 76.5 Å². The lowest BCUT2D eigenvalue weighted by atomic mass is 10.00. The molecule has 1 aliphatic heterocycles. The number of amides is 1. The van der Waals surface area contributed by atoms with Gasteiger partial charge in [0.25, 0.3) is 0 Å². The molecule has 0 unspecified atom stereocenters. The Morgan fingerprint density at radius 2 is 1.81 bits per heavy atom. The van der Waals surface area contributed by atoms with E-state index in [1.165, 1.54) is 19.3 Å². The fourth-order valence-corrected chi connectivity index (χ4v) is 3.66. The Labute approximate surface area is 163 Å². The van der Waals surface area contributed by atoms with Crippen molar-refractivity contribution in [3.05, 3.63) is 35.9 Å². The Balaban J connectivity index is 1.91. The van der Waals surface area contributed by atoms with Gasteiger partial charge in [-0.1, -0.05) is 62.9 Å². The molecular formula is C22H36N2O3. The van der Waals surface area contributed by atoms with Crippen LogP contribution in [0, 0.1) is 0 Å². The Morgan fingerprint density at radius 1 is 1.15 bits per heavy atom. The molecule has 1 aliphatic rings. The van der Waals surface area contributed by atoms with Crippen LogP contribution in [-0.4, -0.2) is 52.8 Å². The molecule has 1 fully saturated rings. The minimum atomic E-state index is -0.734. The van der Waals surface area contributed by atoms with Gasteiger partial charge in [-0.05, 0) is 24.8 Å². The molecule has 2 atom stereocenters. The third kappa shape index (κ3) is 7.99. The van der Waals surface area contributed by atoms with Gasteiger partial charge in [0.2, 0.25) is 5.91 Å². The largest absolute Gasteiger partial charge is 0.393 e. The monoisotopic (exact) mass is 376 g/mol. The highest BCUT2D eigenvalue weighted by Crippen LogP contribution is 2.20. The van der Waals surface area contributed by atoms with Crippen LogP contribution in [0.1, 0.15) is 70.0 Å². The van der Waals surface area contributed by atoms with Crippen molar-refractivity contribution in [3.8, 4) is 0 Å². The minimum Gasteiger partial charge on any atom is -0.393 e. The number of likely N-dealkylation sites (tertiary alicyclic amines) is 1. The summed E-state index contributed by atoms with van der Waals surface area (Å²) in [6.45, 7) is 4.38. The highest BCUT2D eigenvalue weighted by Gasteiger charge is 2.27. The molecule has 152 valence electrons. The van der Waals surface area contributed by atoms with Crippen LogP contribution in [0.5, 0.6) is 0 Å². The average molecular weight is 377 g/mol. The van der Waals surface area contributed by atoms with Crippen LogP contribution in [0.25, 0.3) is 0 Å². The molecule has 1 amide bonds. The summed E-state index contributed by atoms with van der Waals surface area (Å²) in [4.78, 5) is 14.7. The van der Waals surface area contributed by atoms with E-state index >= 15 is 0 Å². The summed E-state index contributed by atoms with van der Waals surface area (Å²) in [5.41, 5.74) is 0.822. The zero-order valence-corrected chi connectivity index (χ0v) is 16.6. The van der Waals surface area contributed by atoms with Gasteiger partial charge in [-0.3, -0.25) is 4.79 Å². The van der Waals surface area contributed by atoms with Crippen LogP contribution in [0.3, 0.4) is 0 Å². The molecule has 2 rings (SSSR count). The fraction of sp³-hybridized carbons (Fsp3) is 0.682. The van der Waals surface area contributed by atoms with Crippen LogP contribution >= 0.6 is 0 Å². The fourth-order valence-electron chi connectivity index (χ4n) is 3.66. The number of aliphatic hydroxyl groups excluding tert-OH is 2. The molecule has 0 bridgehead atoms. The first-order valence-electron chi connectivity index (χ1n) is 10.5. The highest BCUT2D eigenvalue weighted by atomic mass is 16.3. The van der Waals surface area contributed by atoms with Gasteiger partial charge in [-0.15, -0.1) is 0 Å². The zero-order chi connectivity index (χ0) is 19.5. The van der Waals surface area contributed by atoms with Crippen molar-refractivity contribution in [1.82, 2.24) is 10.2 Å². The zero-order valence-electron chi connectivity index (χ0n) is 16.6. The lowest BCUT2D eigenvalue weighted by molar-refractivity contribution is -0.123. The molecular weight excluding hydrogens is 340 g/mol. The van der Waals surface area contributed by atoms with Crippen molar-refractivity contribution >= 4 is 5.91 Å². The minimum absolute atomic E-state index is 0.0172. The van der Waals surface area contributed by atoms with Crippen molar-refractivity contribution in [2.24, 2.45) is 0 Å².